The van der Waals surface area contributed by atoms with E-state index in [0.29, 0.717) is 0 Å². The molecule has 0 spiro atoms. The SMILES string of the molecule is NNc1ncc([N+](=O)[O-])c(Oc2cc(Cl)c(Cl)cc2Cl)n1. The van der Waals surface area contributed by atoms with Crippen molar-refractivity contribution in [2.24, 2.45) is 5.84 Å². The number of nitrogens with two attached hydrogens (primary N) is 1. The van der Waals surface area contributed by atoms with Crippen LogP contribution in [0.2, 0.25) is 15.1 Å². The molecule has 0 unspecified atom stereocenters. The van der Waals surface area contributed by atoms with E-state index in [1.165, 1.54) is 12.1 Å². The van der Waals surface area contributed by atoms with E-state index < -0.39 is 10.6 Å². The fraction of sp³-hybridized carbons (Fsp3) is 0. The number of hydrogen-bond donors (Lipinski definition) is 2. The molecule has 0 atom stereocenters. The molecular weight excluding hydrogens is 345 g/mol. The number of anilines is 1. The van der Waals surface area contributed by atoms with Crippen LogP contribution in [-0.2, 0) is 0 Å². The molecule has 1 heterocycles. The van der Waals surface area contributed by atoms with Gasteiger partial charge in [0.05, 0.1) is 20.0 Å². The van der Waals surface area contributed by atoms with Crippen molar-refractivity contribution in [3.63, 3.8) is 0 Å². The molecule has 0 fully saturated rings. The maximum absolute atomic E-state index is 10.9. The maximum Gasteiger partial charge on any atom is 0.349 e. The first kappa shape index (κ1) is 15.5. The summed E-state index contributed by atoms with van der Waals surface area (Å²) in [5, 5.41) is 11.4. The molecule has 2 rings (SSSR count). The van der Waals surface area contributed by atoms with Gasteiger partial charge in [-0.3, -0.25) is 15.5 Å². The van der Waals surface area contributed by atoms with E-state index in [4.69, 9.17) is 45.4 Å². The molecule has 0 aliphatic heterocycles. The van der Waals surface area contributed by atoms with E-state index >= 15 is 0 Å². The topological polar surface area (TPSA) is 116 Å². The molecule has 1 aromatic carbocycles. The average molecular weight is 351 g/mol. The molecule has 0 saturated carbocycles. The Morgan fingerprint density at radius 2 is 1.90 bits per heavy atom. The first-order valence-corrected chi connectivity index (χ1v) is 6.36. The smallest absolute Gasteiger partial charge is 0.349 e. The van der Waals surface area contributed by atoms with Crippen LogP contribution in [0.4, 0.5) is 11.6 Å². The minimum Gasteiger partial charge on any atom is -0.432 e. The van der Waals surface area contributed by atoms with Gasteiger partial charge < -0.3 is 4.74 Å². The van der Waals surface area contributed by atoms with Gasteiger partial charge in [-0.25, -0.2) is 10.8 Å². The second-order valence-corrected chi connectivity index (χ2v) is 4.81. The molecule has 110 valence electrons. The molecule has 0 aliphatic carbocycles. The zero-order valence-corrected chi connectivity index (χ0v) is 12.3. The summed E-state index contributed by atoms with van der Waals surface area (Å²) in [6.07, 6.45) is 0.947. The Hall–Kier alpha value is -1.87. The highest BCUT2D eigenvalue weighted by atomic mass is 35.5. The Morgan fingerprint density at radius 3 is 2.52 bits per heavy atom. The second kappa shape index (κ2) is 6.27. The van der Waals surface area contributed by atoms with Crippen LogP contribution in [0.25, 0.3) is 0 Å². The number of hydrazine groups is 1. The lowest BCUT2D eigenvalue weighted by Gasteiger charge is -2.09. The van der Waals surface area contributed by atoms with Crippen molar-refractivity contribution >= 4 is 46.4 Å². The van der Waals surface area contributed by atoms with Gasteiger partial charge in [0.25, 0.3) is 0 Å². The van der Waals surface area contributed by atoms with Crippen LogP contribution in [0.1, 0.15) is 0 Å². The molecule has 11 heteroatoms. The Morgan fingerprint density at radius 1 is 1.24 bits per heavy atom. The number of nitrogens with zero attached hydrogens (tertiary/aromatic N) is 3. The summed E-state index contributed by atoms with van der Waals surface area (Å²) in [6.45, 7) is 0. The van der Waals surface area contributed by atoms with Gasteiger partial charge in [0.1, 0.15) is 11.9 Å². The van der Waals surface area contributed by atoms with Gasteiger partial charge in [-0.2, -0.15) is 4.98 Å². The first-order valence-electron chi connectivity index (χ1n) is 5.23. The van der Waals surface area contributed by atoms with Gasteiger partial charge in [-0.1, -0.05) is 34.8 Å². The summed E-state index contributed by atoms with van der Waals surface area (Å²) in [7, 11) is 0. The summed E-state index contributed by atoms with van der Waals surface area (Å²) in [6, 6.07) is 2.66. The standard InChI is InChI=1S/C10H6Cl3N5O3/c11-4-1-6(13)8(2-5(4)12)21-9-7(18(19)20)3-15-10(16-9)17-14/h1-3H,14H2,(H,15,16,17). The highest BCUT2D eigenvalue weighted by Crippen LogP contribution is 2.38. The number of aromatic nitrogens is 2. The fourth-order valence-electron chi connectivity index (χ4n) is 1.32. The van der Waals surface area contributed by atoms with Crippen LogP contribution >= 0.6 is 34.8 Å². The number of hydrogen-bond acceptors (Lipinski definition) is 7. The second-order valence-electron chi connectivity index (χ2n) is 3.58. The third kappa shape index (κ3) is 3.42. The van der Waals surface area contributed by atoms with Gasteiger partial charge in [0, 0.05) is 6.07 Å². The predicted molar refractivity (Wildman–Crippen MR) is 78.0 cm³/mol. The van der Waals surface area contributed by atoms with Crippen molar-refractivity contribution in [2.45, 2.75) is 0 Å². The van der Waals surface area contributed by atoms with Gasteiger partial charge >= 0.3 is 11.6 Å². The van der Waals surface area contributed by atoms with Crippen LogP contribution in [0.3, 0.4) is 0 Å². The quantitative estimate of drug-likeness (QED) is 0.375. The molecular formula is C10H6Cl3N5O3. The third-order valence-corrected chi connectivity index (χ3v) is 3.26. The Kier molecular flexibility index (Phi) is 4.63. The Balaban J connectivity index is 2.47. The summed E-state index contributed by atoms with van der Waals surface area (Å²) in [4.78, 5) is 17.6. The molecule has 21 heavy (non-hydrogen) atoms. The van der Waals surface area contributed by atoms with E-state index in [9.17, 15) is 10.1 Å². The van der Waals surface area contributed by atoms with Crippen molar-refractivity contribution in [3.05, 3.63) is 43.5 Å². The normalized spacial score (nSPS) is 10.3. The molecule has 0 saturated heterocycles. The molecule has 0 aliphatic rings. The van der Waals surface area contributed by atoms with Crippen molar-refractivity contribution in [1.29, 1.82) is 0 Å². The minimum atomic E-state index is -0.707. The Labute approximate surface area is 132 Å². The summed E-state index contributed by atoms with van der Waals surface area (Å²) in [5.41, 5.74) is 1.69. The lowest BCUT2D eigenvalue weighted by Crippen LogP contribution is -2.11. The number of rotatable bonds is 4. The Bertz CT molecular complexity index is 713. The lowest BCUT2D eigenvalue weighted by molar-refractivity contribution is -0.386. The molecule has 2 aromatic rings. The molecule has 0 bridgehead atoms. The van der Waals surface area contributed by atoms with Crippen molar-refractivity contribution in [2.75, 3.05) is 5.43 Å². The summed E-state index contributed by atoms with van der Waals surface area (Å²) >= 11 is 17.6. The summed E-state index contributed by atoms with van der Waals surface area (Å²) < 4.78 is 5.32. The number of nitrogen functional groups attached to an aromatic ring is 1. The van der Waals surface area contributed by atoms with E-state index in [1.54, 1.807) is 0 Å². The van der Waals surface area contributed by atoms with E-state index in [1.807, 2.05) is 0 Å². The highest BCUT2D eigenvalue weighted by molar-refractivity contribution is 6.43. The van der Waals surface area contributed by atoms with Crippen molar-refractivity contribution < 1.29 is 9.66 Å². The molecule has 1 aromatic heterocycles. The van der Waals surface area contributed by atoms with Crippen molar-refractivity contribution in [1.82, 2.24) is 9.97 Å². The largest absolute Gasteiger partial charge is 0.432 e. The number of nitro groups is 1. The maximum atomic E-state index is 10.9. The van der Waals surface area contributed by atoms with Crippen molar-refractivity contribution in [3.8, 4) is 11.6 Å². The van der Waals surface area contributed by atoms with Crippen LogP contribution in [0.15, 0.2) is 18.3 Å². The number of ether oxygens (including phenoxy) is 1. The van der Waals surface area contributed by atoms with Crippen LogP contribution in [0.5, 0.6) is 11.6 Å². The molecule has 8 nitrogen and oxygen atoms in total. The first-order chi connectivity index (χ1) is 9.92. The van der Waals surface area contributed by atoms with E-state index in [0.717, 1.165) is 6.20 Å². The number of nitrogens with one attached hydrogen (secondary N) is 1. The zero-order chi connectivity index (χ0) is 15.6. The number of halogens is 3. The third-order valence-electron chi connectivity index (χ3n) is 2.24. The summed E-state index contributed by atoms with van der Waals surface area (Å²) in [5.74, 6) is 4.79. The average Bonchev–Trinajstić information content (AvgIpc) is 2.44. The van der Waals surface area contributed by atoms with Gasteiger partial charge in [0.15, 0.2) is 0 Å². The van der Waals surface area contributed by atoms with E-state index in [-0.39, 0.29) is 32.6 Å². The predicted octanol–water partition coefficient (Wildman–Crippen LogP) is 3.42. The molecule has 0 amide bonds. The van der Waals surface area contributed by atoms with E-state index in [2.05, 4.69) is 15.4 Å². The van der Waals surface area contributed by atoms with Crippen LogP contribution in [-0.4, -0.2) is 14.9 Å². The zero-order valence-electron chi connectivity index (χ0n) is 10.0. The number of benzene rings is 1. The van der Waals surface area contributed by atoms with Crippen LogP contribution in [0, 0.1) is 10.1 Å². The minimum absolute atomic E-state index is 0.0517. The monoisotopic (exact) mass is 349 g/mol. The highest BCUT2D eigenvalue weighted by Gasteiger charge is 2.21. The van der Waals surface area contributed by atoms with Crippen LogP contribution < -0.4 is 16.0 Å². The molecule has 3 N–H and O–H groups in total. The van der Waals surface area contributed by atoms with Gasteiger partial charge in [0.2, 0.25) is 5.95 Å². The van der Waals surface area contributed by atoms with Gasteiger partial charge in [-0.15, -0.1) is 0 Å². The van der Waals surface area contributed by atoms with Gasteiger partial charge in [-0.05, 0) is 6.07 Å². The lowest BCUT2D eigenvalue weighted by atomic mass is 10.3. The molecule has 0 radical (unpaired) electrons. The fourth-order valence-corrected chi connectivity index (χ4v) is 1.89.